The third-order valence-electron chi connectivity index (χ3n) is 5.05. The van der Waals surface area contributed by atoms with Gasteiger partial charge in [-0.05, 0) is 45.1 Å². The second-order valence-electron chi connectivity index (χ2n) is 6.30. The van der Waals surface area contributed by atoms with Crippen LogP contribution < -0.4 is 0 Å². The molecule has 0 N–H and O–H groups in total. The van der Waals surface area contributed by atoms with Gasteiger partial charge in [0.25, 0.3) is 0 Å². The van der Waals surface area contributed by atoms with E-state index in [1.807, 2.05) is 0 Å². The van der Waals surface area contributed by atoms with Crippen molar-refractivity contribution in [3.05, 3.63) is 0 Å². The van der Waals surface area contributed by atoms with Crippen molar-refractivity contribution in [2.24, 2.45) is 0 Å². The van der Waals surface area contributed by atoms with Gasteiger partial charge < -0.3 is 4.74 Å². The van der Waals surface area contributed by atoms with Crippen LogP contribution in [0.25, 0.3) is 0 Å². The Morgan fingerprint density at radius 3 is 2.72 bits per heavy atom. The van der Waals surface area contributed by atoms with E-state index in [4.69, 9.17) is 10.00 Å². The van der Waals surface area contributed by atoms with Gasteiger partial charge in [-0.15, -0.1) is 0 Å². The van der Waals surface area contributed by atoms with Crippen LogP contribution in [0.2, 0.25) is 0 Å². The average molecular weight is 248 g/mol. The Hall–Kier alpha value is -0.590. The minimum Gasteiger partial charge on any atom is -0.370 e. The van der Waals surface area contributed by atoms with Gasteiger partial charge in [0.1, 0.15) is 0 Å². The highest BCUT2D eigenvalue weighted by molar-refractivity contribution is 4.98. The molecule has 3 aliphatic rings. The van der Waals surface area contributed by atoms with E-state index in [9.17, 15) is 0 Å². The number of hydrogen-bond acceptors (Lipinski definition) is 3. The first-order chi connectivity index (χ1) is 8.81. The molecule has 3 heteroatoms. The number of hydrogen-bond donors (Lipinski definition) is 0. The van der Waals surface area contributed by atoms with E-state index in [1.54, 1.807) is 0 Å². The van der Waals surface area contributed by atoms with Crippen molar-refractivity contribution >= 4 is 0 Å². The molecule has 2 heterocycles. The fraction of sp³-hybridized carbons (Fsp3) is 0.933. The summed E-state index contributed by atoms with van der Waals surface area (Å²) in [6, 6.07) is 2.58. The zero-order valence-electron chi connectivity index (χ0n) is 11.2. The number of rotatable bonds is 2. The number of nitriles is 1. The van der Waals surface area contributed by atoms with Gasteiger partial charge in [-0.3, -0.25) is 4.90 Å². The predicted octanol–water partition coefficient (Wildman–Crippen LogP) is 2.86. The van der Waals surface area contributed by atoms with E-state index < -0.39 is 0 Å². The van der Waals surface area contributed by atoms with E-state index >= 15 is 0 Å². The lowest BCUT2D eigenvalue weighted by Gasteiger charge is -2.34. The molecule has 2 saturated heterocycles. The molecule has 0 amide bonds. The lowest BCUT2D eigenvalue weighted by atomic mass is 9.83. The molecule has 18 heavy (non-hydrogen) atoms. The summed E-state index contributed by atoms with van der Waals surface area (Å²) in [6.07, 6.45) is 11.7. The van der Waals surface area contributed by atoms with Gasteiger partial charge in [0.2, 0.25) is 0 Å². The average Bonchev–Trinajstić information content (AvgIpc) is 2.99. The van der Waals surface area contributed by atoms with E-state index in [0.29, 0.717) is 6.10 Å². The van der Waals surface area contributed by atoms with Gasteiger partial charge in [-0.1, -0.05) is 19.3 Å². The first kappa shape index (κ1) is 12.4. The maximum atomic E-state index is 9.12. The Bertz CT molecular complexity index is 330. The SMILES string of the molecule is N#CC1CCCN1CC1CCC2(CCCCC2)O1. The Morgan fingerprint density at radius 1 is 1.11 bits per heavy atom. The Kier molecular flexibility index (Phi) is 3.59. The molecule has 2 aliphatic heterocycles. The van der Waals surface area contributed by atoms with Crippen molar-refractivity contribution in [3.8, 4) is 6.07 Å². The van der Waals surface area contributed by atoms with Crippen LogP contribution in [0.3, 0.4) is 0 Å². The number of ether oxygens (including phenoxy) is 1. The van der Waals surface area contributed by atoms with Crippen molar-refractivity contribution in [1.29, 1.82) is 5.26 Å². The number of nitrogens with zero attached hydrogens (tertiary/aromatic N) is 2. The second-order valence-corrected chi connectivity index (χ2v) is 6.30. The first-order valence-electron chi connectivity index (χ1n) is 7.63. The van der Waals surface area contributed by atoms with Crippen molar-refractivity contribution in [2.45, 2.75) is 75.5 Å². The summed E-state index contributed by atoms with van der Waals surface area (Å²) >= 11 is 0. The fourth-order valence-electron chi connectivity index (χ4n) is 4.04. The van der Waals surface area contributed by atoms with Gasteiger partial charge in [-0.2, -0.15) is 5.26 Å². The van der Waals surface area contributed by atoms with E-state index in [1.165, 1.54) is 51.4 Å². The highest BCUT2D eigenvalue weighted by atomic mass is 16.5. The summed E-state index contributed by atoms with van der Waals surface area (Å²) in [7, 11) is 0. The van der Waals surface area contributed by atoms with Gasteiger partial charge in [0.05, 0.1) is 23.8 Å². The molecule has 3 fully saturated rings. The van der Waals surface area contributed by atoms with Crippen molar-refractivity contribution in [3.63, 3.8) is 0 Å². The van der Waals surface area contributed by atoms with E-state index in [2.05, 4.69) is 11.0 Å². The standard InChI is InChI=1S/C15H24N2O/c16-11-13-5-4-10-17(13)12-14-6-9-15(18-14)7-2-1-3-8-15/h13-14H,1-10,12H2. The summed E-state index contributed by atoms with van der Waals surface area (Å²) in [5.74, 6) is 0. The van der Waals surface area contributed by atoms with Crippen LogP contribution in [0.4, 0.5) is 0 Å². The summed E-state index contributed by atoms with van der Waals surface area (Å²) in [5, 5.41) is 9.12. The highest BCUT2D eigenvalue weighted by Crippen LogP contribution is 2.42. The lowest BCUT2D eigenvalue weighted by Crippen LogP contribution is -2.38. The minimum atomic E-state index is 0.150. The number of likely N-dealkylation sites (tertiary alicyclic amines) is 1. The second kappa shape index (κ2) is 5.19. The summed E-state index contributed by atoms with van der Waals surface area (Å²) in [5.41, 5.74) is 0.227. The molecular formula is C15H24N2O. The Balaban J connectivity index is 1.54. The molecule has 2 atom stereocenters. The molecular weight excluding hydrogens is 224 g/mol. The normalized spacial score (nSPS) is 35.9. The Morgan fingerprint density at radius 2 is 1.94 bits per heavy atom. The monoisotopic (exact) mass is 248 g/mol. The van der Waals surface area contributed by atoms with Gasteiger partial charge in [0.15, 0.2) is 0 Å². The highest BCUT2D eigenvalue weighted by Gasteiger charge is 2.41. The maximum absolute atomic E-state index is 9.12. The molecule has 0 radical (unpaired) electrons. The molecule has 2 unspecified atom stereocenters. The van der Waals surface area contributed by atoms with Crippen LogP contribution in [-0.4, -0.2) is 35.7 Å². The van der Waals surface area contributed by atoms with Crippen LogP contribution in [-0.2, 0) is 4.74 Å². The van der Waals surface area contributed by atoms with Crippen LogP contribution in [0.15, 0.2) is 0 Å². The molecule has 1 aliphatic carbocycles. The van der Waals surface area contributed by atoms with Crippen molar-refractivity contribution < 1.29 is 4.74 Å². The molecule has 3 rings (SSSR count). The van der Waals surface area contributed by atoms with Gasteiger partial charge >= 0.3 is 0 Å². The summed E-state index contributed by atoms with van der Waals surface area (Å²) < 4.78 is 6.39. The van der Waals surface area contributed by atoms with E-state index in [-0.39, 0.29) is 11.6 Å². The smallest absolute Gasteiger partial charge is 0.0979 e. The third kappa shape index (κ3) is 2.41. The molecule has 100 valence electrons. The first-order valence-corrected chi connectivity index (χ1v) is 7.63. The van der Waals surface area contributed by atoms with Crippen LogP contribution in [0, 0.1) is 11.3 Å². The third-order valence-corrected chi connectivity index (χ3v) is 5.05. The van der Waals surface area contributed by atoms with Crippen LogP contribution >= 0.6 is 0 Å². The van der Waals surface area contributed by atoms with Gasteiger partial charge in [0, 0.05) is 6.54 Å². The van der Waals surface area contributed by atoms with Crippen molar-refractivity contribution in [1.82, 2.24) is 4.90 Å². The largest absolute Gasteiger partial charge is 0.370 e. The quantitative estimate of drug-likeness (QED) is 0.754. The maximum Gasteiger partial charge on any atom is 0.0979 e. The summed E-state index contributed by atoms with van der Waals surface area (Å²) in [4.78, 5) is 2.34. The van der Waals surface area contributed by atoms with Crippen LogP contribution in [0.1, 0.15) is 57.8 Å². The summed E-state index contributed by atoms with van der Waals surface area (Å²) in [6.45, 7) is 2.07. The molecule has 0 aromatic carbocycles. The van der Waals surface area contributed by atoms with Crippen molar-refractivity contribution in [2.75, 3.05) is 13.1 Å². The molecule has 0 bridgehead atoms. The fourth-order valence-corrected chi connectivity index (χ4v) is 4.04. The topological polar surface area (TPSA) is 36.3 Å². The lowest BCUT2D eigenvalue weighted by molar-refractivity contribution is -0.0715. The van der Waals surface area contributed by atoms with Crippen LogP contribution in [0.5, 0.6) is 0 Å². The predicted molar refractivity (Wildman–Crippen MR) is 70.1 cm³/mol. The van der Waals surface area contributed by atoms with Gasteiger partial charge in [-0.25, -0.2) is 0 Å². The molecule has 1 spiro atoms. The molecule has 0 aromatic heterocycles. The zero-order valence-corrected chi connectivity index (χ0v) is 11.2. The van der Waals surface area contributed by atoms with E-state index in [0.717, 1.165) is 19.5 Å². The molecule has 1 saturated carbocycles. The molecule has 0 aromatic rings. The Labute approximate surface area is 110 Å². The molecule has 3 nitrogen and oxygen atoms in total. The zero-order chi connectivity index (χ0) is 12.4. The minimum absolute atomic E-state index is 0.150.